The van der Waals surface area contributed by atoms with Crippen LogP contribution in [0.15, 0.2) is 46.9 Å². The average molecular weight is 372 g/mol. The highest BCUT2D eigenvalue weighted by Gasteiger charge is 2.29. The van der Waals surface area contributed by atoms with Crippen molar-refractivity contribution in [2.24, 2.45) is 0 Å². The van der Waals surface area contributed by atoms with Crippen molar-refractivity contribution in [1.82, 2.24) is 0 Å². The van der Waals surface area contributed by atoms with Gasteiger partial charge in [0, 0.05) is 10.2 Å². The topological polar surface area (TPSA) is 29.1 Å². The largest absolute Gasteiger partial charge is 0.416 e. The van der Waals surface area contributed by atoms with Crippen molar-refractivity contribution in [3.05, 3.63) is 63.6 Å². The fraction of sp³-hybridized carbons (Fsp3) is 0.188. The molecule has 0 atom stereocenters. The summed E-state index contributed by atoms with van der Waals surface area (Å²) >= 11 is 3.33. The van der Waals surface area contributed by atoms with E-state index in [2.05, 4.69) is 21.2 Å². The maximum Gasteiger partial charge on any atom is 0.416 e. The van der Waals surface area contributed by atoms with Crippen LogP contribution >= 0.6 is 15.9 Å². The SMILES string of the molecule is Cc1cc(Br)ccc1NC(=O)Cc1ccc(C(F)(F)F)cc1. The predicted octanol–water partition coefficient (Wildman–Crippen LogP) is 4.96. The number of anilines is 1. The summed E-state index contributed by atoms with van der Waals surface area (Å²) in [5.74, 6) is -0.273. The molecule has 2 rings (SSSR count). The van der Waals surface area contributed by atoms with Crippen molar-refractivity contribution in [3.8, 4) is 0 Å². The summed E-state index contributed by atoms with van der Waals surface area (Å²) in [5, 5.41) is 2.75. The van der Waals surface area contributed by atoms with Crippen LogP contribution in [-0.2, 0) is 17.4 Å². The number of amides is 1. The molecule has 0 unspecified atom stereocenters. The molecule has 2 nitrogen and oxygen atoms in total. The summed E-state index contributed by atoms with van der Waals surface area (Å²) in [5.41, 5.74) is 1.39. The first-order chi connectivity index (χ1) is 10.3. The Kier molecular flexibility index (Phi) is 4.90. The molecule has 22 heavy (non-hydrogen) atoms. The highest BCUT2D eigenvalue weighted by atomic mass is 79.9. The zero-order valence-electron chi connectivity index (χ0n) is 11.7. The van der Waals surface area contributed by atoms with E-state index in [0.717, 1.165) is 22.2 Å². The summed E-state index contributed by atoms with van der Waals surface area (Å²) in [6, 6.07) is 10.0. The smallest absolute Gasteiger partial charge is 0.326 e. The van der Waals surface area contributed by atoms with E-state index in [0.29, 0.717) is 11.3 Å². The highest BCUT2D eigenvalue weighted by Crippen LogP contribution is 2.29. The Balaban J connectivity index is 2.03. The molecule has 6 heteroatoms. The normalized spacial score (nSPS) is 11.3. The lowest BCUT2D eigenvalue weighted by molar-refractivity contribution is -0.137. The quantitative estimate of drug-likeness (QED) is 0.811. The number of nitrogens with one attached hydrogen (secondary N) is 1. The van der Waals surface area contributed by atoms with E-state index in [-0.39, 0.29) is 12.3 Å². The molecule has 0 aromatic heterocycles. The minimum absolute atomic E-state index is 0.0215. The molecule has 2 aromatic carbocycles. The Hall–Kier alpha value is -1.82. The molecule has 0 radical (unpaired) electrons. The number of hydrogen-bond acceptors (Lipinski definition) is 1. The lowest BCUT2D eigenvalue weighted by Gasteiger charge is -2.10. The van der Waals surface area contributed by atoms with Crippen LogP contribution in [0, 0.1) is 6.92 Å². The van der Waals surface area contributed by atoms with Gasteiger partial charge in [0.05, 0.1) is 12.0 Å². The number of rotatable bonds is 3. The molecule has 0 bridgehead atoms. The molecule has 0 aliphatic rings. The third-order valence-electron chi connectivity index (χ3n) is 3.11. The standard InChI is InChI=1S/C16H13BrF3NO/c1-10-8-13(17)6-7-14(10)21-15(22)9-11-2-4-12(5-3-11)16(18,19)20/h2-8H,9H2,1H3,(H,21,22). The zero-order chi connectivity index (χ0) is 16.3. The van der Waals surface area contributed by atoms with Gasteiger partial charge in [0.2, 0.25) is 5.91 Å². The van der Waals surface area contributed by atoms with Crippen molar-refractivity contribution < 1.29 is 18.0 Å². The van der Waals surface area contributed by atoms with E-state index >= 15 is 0 Å². The van der Waals surface area contributed by atoms with Gasteiger partial charge < -0.3 is 5.32 Å². The summed E-state index contributed by atoms with van der Waals surface area (Å²) in [6.07, 6.45) is -4.34. The van der Waals surface area contributed by atoms with Gasteiger partial charge >= 0.3 is 6.18 Å². The molecule has 0 saturated heterocycles. The van der Waals surface area contributed by atoms with Crippen molar-refractivity contribution in [2.75, 3.05) is 5.32 Å². The van der Waals surface area contributed by atoms with Gasteiger partial charge in [-0.2, -0.15) is 13.2 Å². The molecule has 0 heterocycles. The summed E-state index contributed by atoms with van der Waals surface area (Å²) in [6.45, 7) is 1.86. The first-order valence-corrected chi connectivity index (χ1v) is 7.27. The second kappa shape index (κ2) is 6.52. The average Bonchev–Trinajstić information content (AvgIpc) is 2.41. The van der Waals surface area contributed by atoms with Gasteiger partial charge in [-0.1, -0.05) is 28.1 Å². The summed E-state index contributed by atoms with van der Waals surface area (Å²) in [7, 11) is 0. The first kappa shape index (κ1) is 16.5. The monoisotopic (exact) mass is 371 g/mol. The first-order valence-electron chi connectivity index (χ1n) is 6.48. The fourth-order valence-corrected chi connectivity index (χ4v) is 2.43. The number of hydrogen-bond donors (Lipinski definition) is 1. The lowest BCUT2D eigenvalue weighted by Crippen LogP contribution is -2.15. The van der Waals surface area contributed by atoms with Crippen LogP contribution in [0.4, 0.5) is 18.9 Å². The second-order valence-corrected chi connectivity index (χ2v) is 5.79. The van der Waals surface area contributed by atoms with Crippen LogP contribution in [0.2, 0.25) is 0 Å². The zero-order valence-corrected chi connectivity index (χ0v) is 13.3. The lowest BCUT2D eigenvalue weighted by atomic mass is 10.1. The minimum Gasteiger partial charge on any atom is -0.326 e. The van der Waals surface area contributed by atoms with Crippen molar-refractivity contribution in [3.63, 3.8) is 0 Å². The number of alkyl halides is 3. The number of aryl methyl sites for hydroxylation is 1. The van der Waals surface area contributed by atoms with Crippen molar-refractivity contribution in [2.45, 2.75) is 19.5 Å². The van der Waals surface area contributed by atoms with E-state index in [1.54, 1.807) is 12.1 Å². The molecule has 0 fully saturated rings. The van der Waals surface area contributed by atoms with E-state index in [1.807, 2.05) is 13.0 Å². The summed E-state index contributed by atoms with van der Waals surface area (Å²) < 4.78 is 38.3. The van der Waals surface area contributed by atoms with Gasteiger partial charge in [-0.05, 0) is 48.4 Å². The fourth-order valence-electron chi connectivity index (χ4n) is 1.96. The van der Waals surface area contributed by atoms with E-state index in [9.17, 15) is 18.0 Å². The molecule has 0 aliphatic carbocycles. The van der Waals surface area contributed by atoms with Gasteiger partial charge in [-0.3, -0.25) is 4.79 Å². The predicted molar refractivity (Wildman–Crippen MR) is 82.7 cm³/mol. The van der Waals surface area contributed by atoms with Gasteiger partial charge in [-0.15, -0.1) is 0 Å². The van der Waals surface area contributed by atoms with Crippen molar-refractivity contribution >= 4 is 27.5 Å². The number of carbonyl (C=O) groups is 1. The Morgan fingerprint density at radius 2 is 1.77 bits per heavy atom. The van der Waals surface area contributed by atoms with E-state index < -0.39 is 11.7 Å². The Labute approximate surface area is 134 Å². The third kappa shape index (κ3) is 4.34. The van der Waals surface area contributed by atoms with Crippen LogP contribution in [-0.4, -0.2) is 5.91 Å². The van der Waals surface area contributed by atoms with E-state index in [4.69, 9.17) is 0 Å². The van der Waals surface area contributed by atoms with Crippen LogP contribution < -0.4 is 5.32 Å². The van der Waals surface area contributed by atoms with Crippen LogP contribution in [0.25, 0.3) is 0 Å². The minimum atomic E-state index is -4.37. The summed E-state index contributed by atoms with van der Waals surface area (Å²) in [4.78, 5) is 12.0. The van der Waals surface area contributed by atoms with Gasteiger partial charge in [0.25, 0.3) is 0 Å². The molecule has 0 aliphatic heterocycles. The van der Waals surface area contributed by atoms with Gasteiger partial charge in [-0.25, -0.2) is 0 Å². The van der Waals surface area contributed by atoms with Crippen molar-refractivity contribution in [1.29, 1.82) is 0 Å². The maximum absolute atomic E-state index is 12.5. The number of carbonyl (C=O) groups excluding carboxylic acids is 1. The molecule has 1 N–H and O–H groups in total. The molecule has 2 aromatic rings. The van der Waals surface area contributed by atoms with Crippen LogP contribution in [0.5, 0.6) is 0 Å². The number of halogens is 4. The Morgan fingerprint density at radius 3 is 2.32 bits per heavy atom. The molecule has 116 valence electrons. The van der Waals surface area contributed by atoms with Crippen LogP contribution in [0.3, 0.4) is 0 Å². The number of benzene rings is 2. The third-order valence-corrected chi connectivity index (χ3v) is 3.60. The molecule has 0 spiro atoms. The second-order valence-electron chi connectivity index (χ2n) is 4.88. The Morgan fingerprint density at radius 1 is 1.14 bits per heavy atom. The Bertz CT molecular complexity index is 681. The molecular formula is C16H13BrF3NO. The molecule has 0 saturated carbocycles. The van der Waals surface area contributed by atoms with Gasteiger partial charge in [0.15, 0.2) is 0 Å². The highest BCUT2D eigenvalue weighted by molar-refractivity contribution is 9.10. The van der Waals surface area contributed by atoms with Gasteiger partial charge in [0.1, 0.15) is 0 Å². The molecule has 1 amide bonds. The van der Waals surface area contributed by atoms with Crippen LogP contribution in [0.1, 0.15) is 16.7 Å². The maximum atomic E-state index is 12.5. The van der Waals surface area contributed by atoms with E-state index in [1.165, 1.54) is 12.1 Å². The molecular weight excluding hydrogens is 359 g/mol.